The van der Waals surface area contributed by atoms with Crippen LogP contribution in [0.25, 0.3) is 0 Å². The van der Waals surface area contributed by atoms with E-state index < -0.39 is 0 Å². The van der Waals surface area contributed by atoms with E-state index in [1.54, 1.807) is 6.07 Å². The first kappa shape index (κ1) is 11.5. The number of amides is 1. The molecule has 0 bridgehead atoms. The minimum Gasteiger partial charge on any atom is -0.467 e. The van der Waals surface area contributed by atoms with E-state index in [9.17, 15) is 4.79 Å². The fourth-order valence-corrected chi connectivity index (χ4v) is 2.62. The Morgan fingerprint density at radius 3 is 3.00 bits per heavy atom. The highest BCUT2D eigenvalue weighted by molar-refractivity contribution is 7.99. The molecular weight excluding hydrogens is 226 g/mol. The maximum absolute atomic E-state index is 11.2. The van der Waals surface area contributed by atoms with Crippen molar-refractivity contribution in [2.24, 2.45) is 5.84 Å². The van der Waals surface area contributed by atoms with Crippen molar-refractivity contribution in [3.8, 4) is 0 Å². The number of rotatable bonds is 3. The van der Waals surface area contributed by atoms with Crippen molar-refractivity contribution in [3.05, 3.63) is 23.7 Å². The fourth-order valence-electron chi connectivity index (χ4n) is 1.65. The molecule has 1 aliphatic heterocycles. The van der Waals surface area contributed by atoms with Gasteiger partial charge in [-0.25, -0.2) is 5.84 Å². The summed E-state index contributed by atoms with van der Waals surface area (Å²) in [5, 5.41) is 0. The normalized spacial score (nSPS) is 17.3. The smallest absolute Gasteiger partial charge is 0.268 e. The average Bonchev–Trinajstić information content (AvgIpc) is 2.78. The molecule has 3 N–H and O–H groups in total. The summed E-state index contributed by atoms with van der Waals surface area (Å²) in [7, 11) is 0. The number of hydrogen-bond acceptors (Lipinski definition) is 5. The Bertz CT molecular complexity index is 361. The first-order chi connectivity index (χ1) is 7.79. The van der Waals surface area contributed by atoms with Crippen LogP contribution in [-0.2, 0) is 6.54 Å². The van der Waals surface area contributed by atoms with Gasteiger partial charge < -0.3 is 4.42 Å². The largest absolute Gasteiger partial charge is 0.467 e. The first-order valence-corrected chi connectivity index (χ1v) is 6.33. The quantitative estimate of drug-likeness (QED) is 0.456. The minimum atomic E-state index is -0.316. The molecule has 0 spiro atoms. The standard InChI is InChI=1S/C10H15N3O2S/c11-12-10(14)8-5-9(15-7-8)6-13-1-3-16-4-2-13/h5,7H,1-4,6,11H2,(H,12,14). The van der Waals surface area contributed by atoms with Gasteiger partial charge in [0.1, 0.15) is 12.0 Å². The number of hydrazine groups is 1. The van der Waals surface area contributed by atoms with Crippen molar-refractivity contribution in [2.45, 2.75) is 6.54 Å². The highest BCUT2D eigenvalue weighted by Crippen LogP contribution is 2.14. The van der Waals surface area contributed by atoms with Crippen molar-refractivity contribution in [1.29, 1.82) is 0 Å². The molecule has 6 heteroatoms. The van der Waals surface area contributed by atoms with Crippen LogP contribution < -0.4 is 11.3 Å². The molecule has 0 unspecified atom stereocenters. The molecule has 0 atom stereocenters. The molecule has 1 aliphatic rings. The molecule has 1 amide bonds. The molecule has 0 aliphatic carbocycles. The van der Waals surface area contributed by atoms with E-state index in [2.05, 4.69) is 10.3 Å². The summed E-state index contributed by atoms with van der Waals surface area (Å²) >= 11 is 1.97. The molecule has 1 saturated heterocycles. The van der Waals surface area contributed by atoms with Crippen LogP contribution >= 0.6 is 11.8 Å². The monoisotopic (exact) mass is 241 g/mol. The summed E-state index contributed by atoms with van der Waals surface area (Å²) in [5.41, 5.74) is 2.56. The van der Waals surface area contributed by atoms with Crippen LogP contribution in [0.15, 0.2) is 16.7 Å². The Labute approximate surface area is 98.3 Å². The molecule has 1 fully saturated rings. The molecule has 5 nitrogen and oxygen atoms in total. The molecule has 0 aromatic carbocycles. The second-order valence-corrected chi connectivity index (χ2v) is 4.89. The highest BCUT2D eigenvalue weighted by Gasteiger charge is 2.14. The second kappa shape index (κ2) is 5.38. The number of nitrogens with zero attached hydrogens (tertiary/aromatic N) is 1. The molecule has 0 saturated carbocycles. The molecule has 2 rings (SSSR count). The van der Waals surface area contributed by atoms with Crippen LogP contribution in [0.2, 0.25) is 0 Å². The lowest BCUT2D eigenvalue weighted by Crippen LogP contribution is -2.32. The predicted octanol–water partition coefficient (Wildman–Crippen LogP) is 0.432. The summed E-state index contributed by atoms with van der Waals surface area (Å²) in [6, 6.07) is 1.74. The first-order valence-electron chi connectivity index (χ1n) is 5.18. The van der Waals surface area contributed by atoms with Gasteiger partial charge in [0.25, 0.3) is 5.91 Å². The lowest BCUT2D eigenvalue weighted by Gasteiger charge is -2.24. The van der Waals surface area contributed by atoms with Crippen molar-refractivity contribution in [2.75, 3.05) is 24.6 Å². The molecule has 2 heterocycles. The molecule has 88 valence electrons. The Morgan fingerprint density at radius 1 is 1.56 bits per heavy atom. The van der Waals surface area contributed by atoms with E-state index in [1.165, 1.54) is 6.26 Å². The second-order valence-electron chi connectivity index (χ2n) is 3.66. The van der Waals surface area contributed by atoms with E-state index in [0.717, 1.165) is 36.9 Å². The summed E-state index contributed by atoms with van der Waals surface area (Å²) in [6.45, 7) is 2.91. The van der Waals surface area contributed by atoms with Crippen LogP contribution in [0.4, 0.5) is 0 Å². The fraction of sp³-hybridized carbons (Fsp3) is 0.500. The van der Waals surface area contributed by atoms with Crippen molar-refractivity contribution in [3.63, 3.8) is 0 Å². The number of furan rings is 1. The molecule has 1 aromatic heterocycles. The van der Waals surface area contributed by atoms with Gasteiger partial charge in [-0.3, -0.25) is 15.1 Å². The number of nitrogens with two attached hydrogens (primary N) is 1. The molecule has 1 aromatic rings. The topological polar surface area (TPSA) is 71.5 Å². The van der Waals surface area contributed by atoms with E-state index in [0.29, 0.717) is 5.56 Å². The van der Waals surface area contributed by atoms with E-state index in [-0.39, 0.29) is 5.91 Å². The van der Waals surface area contributed by atoms with Crippen LogP contribution in [0.5, 0.6) is 0 Å². The summed E-state index contributed by atoms with van der Waals surface area (Å²) in [5.74, 6) is 7.87. The molecule has 0 radical (unpaired) electrons. The van der Waals surface area contributed by atoms with Gasteiger partial charge in [-0.1, -0.05) is 0 Å². The summed E-state index contributed by atoms with van der Waals surface area (Å²) in [4.78, 5) is 13.5. The third-order valence-corrected chi connectivity index (χ3v) is 3.47. The van der Waals surface area contributed by atoms with Gasteiger partial charge in [-0.2, -0.15) is 11.8 Å². The van der Waals surface area contributed by atoms with Crippen molar-refractivity contribution < 1.29 is 9.21 Å². The lowest BCUT2D eigenvalue weighted by molar-refractivity contribution is 0.0953. The number of carbonyl (C=O) groups excluding carboxylic acids is 1. The van der Waals surface area contributed by atoms with Crippen LogP contribution in [0.3, 0.4) is 0 Å². The Morgan fingerprint density at radius 2 is 2.31 bits per heavy atom. The molecular formula is C10H15N3O2S. The minimum absolute atomic E-state index is 0.316. The maximum atomic E-state index is 11.2. The van der Waals surface area contributed by atoms with E-state index >= 15 is 0 Å². The average molecular weight is 241 g/mol. The Hall–Kier alpha value is -0.980. The van der Waals surface area contributed by atoms with E-state index in [1.807, 2.05) is 11.8 Å². The molecule has 16 heavy (non-hydrogen) atoms. The van der Waals surface area contributed by atoms with Crippen molar-refractivity contribution >= 4 is 17.7 Å². The number of nitrogens with one attached hydrogen (secondary N) is 1. The summed E-state index contributed by atoms with van der Waals surface area (Å²) < 4.78 is 5.33. The highest BCUT2D eigenvalue weighted by atomic mass is 32.2. The SMILES string of the molecule is NNC(=O)c1coc(CN2CCSCC2)c1. The number of nitrogen functional groups attached to an aromatic ring is 1. The van der Waals surface area contributed by atoms with Gasteiger partial charge in [0.15, 0.2) is 0 Å². The van der Waals surface area contributed by atoms with Crippen LogP contribution in [-0.4, -0.2) is 35.4 Å². The van der Waals surface area contributed by atoms with E-state index in [4.69, 9.17) is 10.3 Å². The number of carbonyl (C=O) groups is 1. The summed E-state index contributed by atoms with van der Waals surface area (Å²) in [6.07, 6.45) is 1.44. The van der Waals surface area contributed by atoms with Gasteiger partial charge in [0.2, 0.25) is 0 Å². The maximum Gasteiger partial charge on any atom is 0.268 e. The van der Waals surface area contributed by atoms with Gasteiger partial charge in [0, 0.05) is 24.6 Å². The number of thioether (sulfide) groups is 1. The van der Waals surface area contributed by atoms with Crippen LogP contribution in [0.1, 0.15) is 16.1 Å². The third kappa shape index (κ3) is 2.78. The zero-order valence-corrected chi connectivity index (χ0v) is 9.76. The zero-order chi connectivity index (χ0) is 11.4. The van der Waals surface area contributed by atoms with Gasteiger partial charge >= 0.3 is 0 Å². The van der Waals surface area contributed by atoms with Gasteiger partial charge in [0.05, 0.1) is 12.1 Å². The number of hydrogen-bond donors (Lipinski definition) is 2. The Kier molecular flexibility index (Phi) is 3.87. The van der Waals surface area contributed by atoms with Gasteiger partial charge in [-0.05, 0) is 6.07 Å². The predicted molar refractivity (Wildman–Crippen MR) is 63.0 cm³/mol. The van der Waals surface area contributed by atoms with Crippen molar-refractivity contribution in [1.82, 2.24) is 10.3 Å². The Balaban J connectivity index is 1.94. The van der Waals surface area contributed by atoms with Crippen LogP contribution in [0, 0.1) is 0 Å². The third-order valence-electron chi connectivity index (χ3n) is 2.53. The zero-order valence-electron chi connectivity index (χ0n) is 8.94. The lowest BCUT2D eigenvalue weighted by atomic mass is 10.3. The van der Waals surface area contributed by atoms with Gasteiger partial charge in [-0.15, -0.1) is 0 Å².